The zero-order chi connectivity index (χ0) is 27.3. The largest absolute Gasteiger partial charge is 0.454 e. The van der Waals surface area contributed by atoms with E-state index in [9.17, 15) is 9.59 Å². The molecule has 0 saturated carbocycles. The van der Waals surface area contributed by atoms with Crippen LogP contribution in [0.2, 0.25) is 0 Å². The number of amides is 2. The molecule has 0 fully saturated rings. The highest BCUT2D eigenvalue weighted by molar-refractivity contribution is 8.00. The minimum Gasteiger partial charge on any atom is -0.454 e. The number of hydrogen-bond acceptors (Lipinski definition) is 7. The molecule has 3 aromatic carbocycles. The van der Waals surface area contributed by atoms with E-state index in [4.69, 9.17) is 14.5 Å². The van der Waals surface area contributed by atoms with Gasteiger partial charge in [-0.25, -0.2) is 9.97 Å². The molecule has 1 aliphatic heterocycles. The Labute approximate surface area is 234 Å². The number of imidazole rings is 1. The lowest BCUT2D eigenvalue weighted by Crippen LogP contribution is -2.31. The van der Waals surface area contributed by atoms with E-state index in [0.29, 0.717) is 40.0 Å². The van der Waals surface area contributed by atoms with Gasteiger partial charge in [-0.2, -0.15) is 0 Å². The number of para-hydroxylation sites is 2. The Hall–Kier alpha value is -4.83. The van der Waals surface area contributed by atoms with E-state index in [0.717, 1.165) is 16.6 Å². The molecule has 2 aromatic heterocycles. The van der Waals surface area contributed by atoms with Crippen LogP contribution in [0.5, 0.6) is 11.5 Å². The summed E-state index contributed by atoms with van der Waals surface area (Å²) < 4.78 is 10.7. The number of thioether (sulfide) groups is 1. The smallest absolute Gasteiger partial charge is 0.254 e. The van der Waals surface area contributed by atoms with E-state index in [2.05, 4.69) is 20.6 Å². The maximum atomic E-state index is 13.6. The first-order valence-corrected chi connectivity index (χ1v) is 13.7. The predicted molar refractivity (Wildman–Crippen MR) is 153 cm³/mol. The number of aromatic amines is 1. The molecule has 200 valence electrons. The third-order valence-corrected chi connectivity index (χ3v) is 7.34. The second-order valence-electron chi connectivity index (χ2n) is 9.12. The van der Waals surface area contributed by atoms with Gasteiger partial charge in [0, 0.05) is 18.0 Å². The Morgan fingerprint density at radius 3 is 2.65 bits per heavy atom. The summed E-state index contributed by atoms with van der Waals surface area (Å²) in [4.78, 5) is 38.7. The van der Waals surface area contributed by atoms with Crippen molar-refractivity contribution in [2.75, 3.05) is 17.9 Å². The lowest BCUT2D eigenvalue weighted by molar-refractivity contribution is -0.113. The van der Waals surface area contributed by atoms with E-state index in [1.807, 2.05) is 54.6 Å². The molecular formula is C30H25N5O4S. The average molecular weight is 552 g/mol. The molecule has 2 amide bonds. The van der Waals surface area contributed by atoms with Gasteiger partial charge in [0.1, 0.15) is 10.9 Å². The van der Waals surface area contributed by atoms with Crippen LogP contribution in [-0.4, -0.2) is 39.3 Å². The van der Waals surface area contributed by atoms with Gasteiger partial charge in [-0.1, -0.05) is 54.2 Å². The van der Waals surface area contributed by atoms with Gasteiger partial charge in [-0.3, -0.25) is 9.59 Å². The van der Waals surface area contributed by atoms with Crippen LogP contribution in [0.1, 0.15) is 27.8 Å². The molecule has 0 saturated heterocycles. The molecule has 0 aliphatic carbocycles. The summed E-state index contributed by atoms with van der Waals surface area (Å²) in [5.74, 6) is 1.44. The molecular weight excluding hydrogens is 526 g/mol. The number of pyridine rings is 1. The summed E-state index contributed by atoms with van der Waals surface area (Å²) in [6, 6.07) is 25.9. The summed E-state index contributed by atoms with van der Waals surface area (Å²) in [7, 11) is 0. The quantitative estimate of drug-likeness (QED) is 0.217. The maximum Gasteiger partial charge on any atom is 0.254 e. The standard InChI is InChI=1S/C30H25N5O4S/c36-27(32-20-12-13-25-26(16-20)39-18-38-25)17-40-30-21(9-6-14-31-30)29(37)35-24(15-19-7-2-1-3-8-19)28-33-22-10-4-5-11-23(22)34-28/h1-14,16,24H,15,17-18H2,(H,32,36)(H,33,34)(H,35,37)/t24-/m0/s1. The van der Waals surface area contributed by atoms with Gasteiger partial charge < -0.3 is 25.1 Å². The SMILES string of the molecule is O=C(CSc1ncccc1C(=O)N[C@@H](Cc1ccccc1)c1nc2ccccc2[nH]1)Nc1ccc2c(c1)OCO2. The molecule has 3 heterocycles. The van der Waals surface area contributed by atoms with Gasteiger partial charge in [-0.05, 0) is 48.4 Å². The van der Waals surface area contributed by atoms with Crippen molar-refractivity contribution in [2.24, 2.45) is 0 Å². The fraction of sp³-hybridized carbons (Fsp3) is 0.133. The van der Waals surface area contributed by atoms with Crippen molar-refractivity contribution in [1.82, 2.24) is 20.3 Å². The first-order valence-electron chi connectivity index (χ1n) is 12.7. The van der Waals surface area contributed by atoms with Crippen molar-refractivity contribution in [3.63, 3.8) is 0 Å². The normalized spacial score (nSPS) is 12.7. The Bertz CT molecular complexity index is 1640. The van der Waals surface area contributed by atoms with Gasteiger partial charge in [0.25, 0.3) is 5.91 Å². The van der Waals surface area contributed by atoms with Crippen LogP contribution in [0.3, 0.4) is 0 Å². The van der Waals surface area contributed by atoms with Crippen molar-refractivity contribution >= 4 is 40.3 Å². The Balaban J connectivity index is 1.17. The third-order valence-electron chi connectivity index (χ3n) is 6.34. The van der Waals surface area contributed by atoms with Gasteiger partial charge in [0.2, 0.25) is 12.7 Å². The monoisotopic (exact) mass is 551 g/mol. The number of carbonyl (C=O) groups excluding carboxylic acids is 2. The number of nitrogens with one attached hydrogen (secondary N) is 3. The molecule has 3 N–H and O–H groups in total. The van der Waals surface area contributed by atoms with Gasteiger partial charge in [0.05, 0.1) is 28.4 Å². The van der Waals surface area contributed by atoms with Crippen LogP contribution < -0.4 is 20.1 Å². The van der Waals surface area contributed by atoms with Crippen molar-refractivity contribution in [2.45, 2.75) is 17.5 Å². The summed E-state index contributed by atoms with van der Waals surface area (Å²) in [5.41, 5.74) is 3.78. The highest BCUT2D eigenvalue weighted by Crippen LogP contribution is 2.34. The van der Waals surface area contributed by atoms with Crippen molar-refractivity contribution in [3.05, 3.63) is 108 Å². The molecule has 5 aromatic rings. The number of hydrogen-bond donors (Lipinski definition) is 3. The Morgan fingerprint density at radius 2 is 1.77 bits per heavy atom. The summed E-state index contributed by atoms with van der Waals surface area (Å²) in [6.07, 6.45) is 2.16. The summed E-state index contributed by atoms with van der Waals surface area (Å²) in [6.45, 7) is 0.162. The molecule has 1 aliphatic rings. The van der Waals surface area contributed by atoms with E-state index in [1.165, 1.54) is 11.8 Å². The molecule has 40 heavy (non-hydrogen) atoms. The number of ether oxygens (including phenoxy) is 2. The van der Waals surface area contributed by atoms with Crippen LogP contribution in [-0.2, 0) is 11.2 Å². The molecule has 0 radical (unpaired) electrons. The number of nitrogens with zero attached hydrogens (tertiary/aromatic N) is 2. The van der Waals surface area contributed by atoms with E-state index in [1.54, 1.807) is 36.5 Å². The fourth-order valence-corrected chi connectivity index (χ4v) is 5.21. The van der Waals surface area contributed by atoms with Crippen LogP contribution in [0.15, 0.2) is 96.2 Å². The van der Waals surface area contributed by atoms with E-state index >= 15 is 0 Å². The van der Waals surface area contributed by atoms with Crippen LogP contribution in [0, 0.1) is 0 Å². The molecule has 9 nitrogen and oxygen atoms in total. The van der Waals surface area contributed by atoms with Gasteiger partial charge in [-0.15, -0.1) is 0 Å². The lowest BCUT2D eigenvalue weighted by atomic mass is 10.0. The number of aromatic nitrogens is 3. The highest BCUT2D eigenvalue weighted by atomic mass is 32.2. The number of H-pyrrole nitrogens is 1. The van der Waals surface area contributed by atoms with Crippen LogP contribution >= 0.6 is 11.8 Å². The first kappa shape index (κ1) is 25.4. The average Bonchev–Trinajstić information content (AvgIpc) is 3.63. The molecule has 0 spiro atoms. The number of carbonyl (C=O) groups is 2. The van der Waals surface area contributed by atoms with E-state index in [-0.39, 0.29) is 24.4 Å². The van der Waals surface area contributed by atoms with Crippen molar-refractivity contribution in [1.29, 1.82) is 0 Å². The topological polar surface area (TPSA) is 118 Å². The Kier molecular flexibility index (Phi) is 7.32. The minimum atomic E-state index is -0.408. The summed E-state index contributed by atoms with van der Waals surface area (Å²) >= 11 is 1.20. The molecule has 10 heteroatoms. The van der Waals surface area contributed by atoms with Crippen LogP contribution in [0.4, 0.5) is 5.69 Å². The third kappa shape index (κ3) is 5.76. The highest BCUT2D eigenvalue weighted by Gasteiger charge is 2.22. The zero-order valence-electron chi connectivity index (χ0n) is 21.3. The zero-order valence-corrected chi connectivity index (χ0v) is 22.1. The van der Waals surface area contributed by atoms with Crippen molar-refractivity contribution < 1.29 is 19.1 Å². The minimum absolute atomic E-state index is 0.0722. The fourth-order valence-electron chi connectivity index (χ4n) is 4.42. The van der Waals surface area contributed by atoms with Gasteiger partial charge in [0.15, 0.2) is 11.5 Å². The summed E-state index contributed by atoms with van der Waals surface area (Å²) in [5, 5.41) is 6.45. The first-order chi connectivity index (χ1) is 19.6. The van der Waals surface area contributed by atoms with Crippen molar-refractivity contribution in [3.8, 4) is 11.5 Å². The molecule has 1 atom stereocenters. The second kappa shape index (κ2) is 11.5. The number of benzene rings is 3. The van der Waals surface area contributed by atoms with Crippen LogP contribution in [0.25, 0.3) is 11.0 Å². The Morgan fingerprint density at radius 1 is 0.950 bits per heavy atom. The molecule has 6 rings (SSSR count). The second-order valence-corrected chi connectivity index (χ2v) is 10.1. The number of rotatable bonds is 9. The molecule has 0 unspecified atom stereocenters. The van der Waals surface area contributed by atoms with E-state index < -0.39 is 6.04 Å². The predicted octanol–water partition coefficient (Wildman–Crippen LogP) is 5.13. The number of fused-ring (bicyclic) bond motifs is 2. The lowest BCUT2D eigenvalue weighted by Gasteiger charge is -2.18. The van der Waals surface area contributed by atoms with Gasteiger partial charge >= 0.3 is 0 Å². The number of anilines is 1. The maximum absolute atomic E-state index is 13.6. The molecule has 0 bridgehead atoms.